The van der Waals surface area contributed by atoms with E-state index in [1.54, 1.807) is 19.1 Å². The summed E-state index contributed by atoms with van der Waals surface area (Å²) in [6, 6.07) is 9.96. The number of likely N-dealkylation sites (tertiary alicyclic amines) is 1. The van der Waals surface area contributed by atoms with Gasteiger partial charge >= 0.3 is 0 Å². The van der Waals surface area contributed by atoms with Gasteiger partial charge in [-0.25, -0.2) is 0 Å². The van der Waals surface area contributed by atoms with Crippen molar-refractivity contribution < 1.29 is 19.1 Å². The molecule has 0 bridgehead atoms. The molecule has 8 nitrogen and oxygen atoms in total. The molecule has 1 aliphatic carbocycles. The van der Waals surface area contributed by atoms with Gasteiger partial charge in [-0.05, 0) is 30.7 Å². The number of hydrogen-bond acceptors (Lipinski definition) is 6. The lowest BCUT2D eigenvalue weighted by atomic mass is 9.75. The SMILES string of the molecule is COCCCN1C(=O)CC(CC(=O)N(C)CC2NNC3CCCCC32)(c2ccccc2)C1=O. The third-order valence-electron chi connectivity index (χ3n) is 7.60. The summed E-state index contributed by atoms with van der Waals surface area (Å²) in [5.41, 5.74) is 6.37. The largest absolute Gasteiger partial charge is 0.385 e. The van der Waals surface area contributed by atoms with Crippen molar-refractivity contribution >= 4 is 17.7 Å². The van der Waals surface area contributed by atoms with Crippen molar-refractivity contribution in [3.63, 3.8) is 0 Å². The predicted octanol–water partition coefficient (Wildman–Crippen LogP) is 1.60. The summed E-state index contributed by atoms with van der Waals surface area (Å²) in [6.07, 6.45) is 5.39. The van der Waals surface area contributed by atoms with Crippen molar-refractivity contribution in [1.82, 2.24) is 20.7 Å². The van der Waals surface area contributed by atoms with Crippen molar-refractivity contribution in [2.75, 3.05) is 33.9 Å². The first-order valence-corrected chi connectivity index (χ1v) is 12.1. The van der Waals surface area contributed by atoms with E-state index in [0.717, 1.165) is 12.0 Å². The Labute approximate surface area is 196 Å². The summed E-state index contributed by atoms with van der Waals surface area (Å²) in [5, 5.41) is 0. The van der Waals surface area contributed by atoms with Gasteiger partial charge in [-0.1, -0.05) is 43.2 Å². The molecule has 3 aliphatic rings. The quantitative estimate of drug-likeness (QED) is 0.433. The maximum atomic E-state index is 13.6. The van der Waals surface area contributed by atoms with Crippen molar-refractivity contribution in [3.05, 3.63) is 35.9 Å². The highest BCUT2D eigenvalue weighted by Crippen LogP contribution is 2.40. The Balaban J connectivity index is 1.49. The molecule has 1 aromatic carbocycles. The van der Waals surface area contributed by atoms with E-state index in [9.17, 15) is 14.4 Å². The van der Waals surface area contributed by atoms with Crippen LogP contribution in [0, 0.1) is 5.92 Å². The highest BCUT2D eigenvalue weighted by molar-refractivity contribution is 6.10. The van der Waals surface area contributed by atoms with E-state index in [-0.39, 0.29) is 36.6 Å². The molecule has 4 atom stereocenters. The van der Waals surface area contributed by atoms with E-state index in [1.165, 1.54) is 24.2 Å². The zero-order valence-electron chi connectivity index (χ0n) is 19.7. The number of fused-ring (bicyclic) bond motifs is 1. The van der Waals surface area contributed by atoms with E-state index in [2.05, 4.69) is 10.9 Å². The molecule has 1 aromatic rings. The summed E-state index contributed by atoms with van der Waals surface area (Å²) >= 11 is 0. The maximum absolute atomic E-state index is 13.6. The van der Waals surface area contributed by atoms with Gasteiger partial charge in [0.2, 0.25) is 17.7 Å². The summed E-state index contributed by atoms with van der Waals surface area (Å²) in [5.74, 6) is -0.0884. The fourth-order valence-corrected chi connectivity index (χ4v) is 5.73. The van der Waals surface area contributed by atoms with E-state index in [0.29, 0.717) is 38.1 Å². The van der Waals surface area contributed by atoms with E-state index in [1.807, 2.05) is 30.3 Å². The zero-order valence-corrected chi connectivity index (χ0v) is 19.7. The average Bonchev–Trinajstić information content (AvgIpc) is 3.34. The van der Waals surface area contributed by atoms with Crippen molar-refractivity contribution in [2.24, 2.45) is 5.92 Å². The molecule has 3 amide bonds. The van der Waals surface area contributed by atoms with Crippen LogP contribution in [0.2, 0.25) is 0 Å². The number of nitrogens with one attached hydrogen (secondary N) is 2. The molecule has 4 rings (SSSR count). The molecular formula is C25H36N4O4. The number of rotatable bonds is 9. The molecule has 2 saturated heterocycles. The number of amides is 3. The maximum Gasteiger partial charge on any atom is 0.240 e. The van der Waals surface area contributed by atoms with E-state index in [4.69, 9.17) is 4.74 Å². The topological polar surface area (TPSA) is 91.0 Å². The number of ether oxygens (including phenoxy) is 1. The van der Waals surface area contributed by atoms with Crippen LogP contribution in [0.1, 0.15) is 50.5 Å². The minimum Gasteiger partial charge on any atom is -0.385 e. The van der Waals surface area contributed by atoms with Crippen LogP contribution in [0.25, 0.3) is 0 Å². The normalized spacial score (nSPS) is 29.4. The van der Waals surface area contributed by atoms with Crippen molar-refractivity contribution in [2.45, 2.75) is 62.4 Å². The highest BCUT2D eigenvalue weighted by atomic mass is 16.5. The molecule has 0 spiro atoms. The number of carbonyl (C=O) groups is 3. The van der Waals surface area contributed by atoms with Crippen LogP contribution >= 0.6 is 0 Å². The van der Waals surface area contributed by atoms with Crippen molar-refractivity contribution in [3.8, 4) is 0 Å². The number of hydrogen-bond donors (Lipinski definition) is 2. The molecule has 33 heavy (non-hydrogen) atoms. The lowest BCUT2D eigenvalue weighted by molar-refractivity contribution is -0.142. The third kappa shape index (κ3) is 4.83. The van der Waals surface area contributed by atoms with Gasteiger partial charge in [0.25, 0.3) is 0 Å². The molecule has 0 radical (unpaired) electrons. The average molecular weight is 457 g/mol. The van der Waals surface area contributed by atoms with Crippen LogP contribution in [-0.2, 0) is 24.5 Å². The predicted molar refractivity (Wildman–Crippen MR) is 124 cm³/mol. The van der Waals surface area contributed by atoms with Gasteiger partial charge in [0, 0.05) is 58.8 Å². The Hall–Kier alpha value is -2.29. The monoisotopic (exact) mass is 456 g/mol. The van der Waals surface area contributed by atoms with Crippen LogP contribution in [0.4, 0.5) is 0 Å². The van der Waals surface area contributed by atoms with Gasteiger partial charge < -0.3 is 9.64 Å². The second kappa shape index (κ2) is 10.3. The Bertz CT molecular complexity index is 863. The van der Waals surface area contributed by atoms with Gasteiger partial charge in [-0.15, -0.1) is 0 Å². The molecule has 2 N–H and O–H groups in total. The number of hydrazine groups is 1. The third-order valence-corrected chi connectivity index (χ3v) is 7.60. The number of benzene rings is 1. The van der Waals surface area contributed by atoms with Gasteiger partial charge in [-0.3, -0.25) is 30.1 Å². The second-order valence-electron chi connectivity index (χ2n) is 9.72. The first kappa shape index (κ1) is 23.9. The van der Waals surface area contributed by atoms with Crippen LogP contribution in [-0.4, -0.2) is 73.5 Å². The fraction of sp³-hybridized carbons (Fsp3) is 0.640. The molecule has 180 valence electrons. The van der Waals surface area contributed by atoms with Crippen LogP contribution < -0.4 is 10.9 Å². The van der Waals surface area contributed by atoms with Gasteiger partial charge in [0.05, 0.1) is 5.41 Å². The number of methoxy groups -OCH3 is 1. The first-order chi connectivity index (χ1) is 16.0. The molecule has 4 unspecified atom stereocenters. The first-order valence-electron chi connectivity index (χ1n) is 12.1. The number of likely N-dealkylation sites (N-methyl/N-ethyl adjacent to an activating group) is 1. The second-order valence-corrected chi connectivity index (χ2v) is 9.72. The van der Waals surface area contributed by atoms with E-state index < -0.39 is 5.41 Å². The summed E-state index contributed by atoms with van der Waals surface area (Å²) in [4.78, 5) is 42.9. The Morgan fingerprint density at radius 3 is 2.70 bits per heavy atom. The summed E-state index contributed by atoms with van der Waals surface area (Å²) in [7, 11) is 3.40. The van der Waals surface area contributed by atoms with Crippen LogP contribution in [0.5, 0.6) is 0 Å². The standard InChI is InChI=1S/C25H36N4O4/c1-28(17-21-19-11-6-7-12-20(19)26-27-21)22(30)15-25(18-9-4-3-5-10-18)16-23(31)29(24(25)32)13-8-14-33-2/h3-5,9-10,19-21,26-27H,6-8,11-17H2,1-2H3. The van der Waals surface area contributed by atoms with Gasteiger partial charge in [-0.2, -0.15) is 0 Å². The molecule has 8 heteroatoms. The highest BCUT2D eigenvalue weighted by Gasteiger charge is 2.53. The molecule has 0 aromatic heterocycles. The Kier molecular flexibility index (Phi) is 7.46. The minimum atomic E-state index is -1.15. The Morgan fingerprint density at radius 1 is 1.18 bits per heavy atom. The van der Waals surface area contributed by atoms with Crippen molar-refractivity contribution in [1.29, 1.82) is 0 Å². The minimum absolute atomic E-state index is 0.00684. The molecule has 2 aliphatic heterocycles. The number of nitrogens with zero attached hydrogens (tertiary/aromatic N) is 2. The molecule has 3 fully saturated rings. The van der Waals surface area contributed by atoms with Crippen LogP contribution in [0.15, 0.2) is 30.3 Å². The zero-order chi connectivity index (χ0) is 23.4. The van der Waals surface area contributed by atoms with Crippen LogP contribution in [0.3, 0.4) is 0 Å². The summed E-state index contributed by atoms with van der Waals surface area (Å²) < 4.78 is 5.08. The van der Waals surface area contributed by atoms with Gasteiger partial charge in [0.15, 0.2) is 0 Å². The number of carbonyl (C=O) groups excluding carboxylic acids is 3. The van der Waals surface area contributed by atoms with Gasteiger partial charge in [0.1, 0.15) is 0 Å². The lowest BCUT2D eigenvalue weighted by Gasteiger charge is -2.32. The molecular weight excluding hydrogens is 420 g/mol. The smallest absolute Gasteiger partial charge is 0.240 e. The van der Waals surface area contributed by atoms with E-state index >= 15 is 0 Å². The molecule has 2 heterocycles. The molecule has 1 saturated carbocycles. The number of imide groups is 1. The fourth-order valence-electron chi connectivity index (χ4n) is 5.73. The summed E-state index contributed by atoms with van der Waals surface area (Å²) in [6.45, 7) is 1.37. The Morgan fingerprint density at radius 2 is 1.94 bits per heavy atom. The lowest BCUT2D eigenvalue weighted by Crippen LogP contribution is -2.47.